The van der Waals surface area contributed by atoms with Gasteiger partial charge >= 0.3 is 0 Å². The Labute approximate surface area is 79.7 Å². The van der Waals surface area contributed by atoms with Crippen LogP contribution in [0.5, 0.6) is 0 Å². The summed E-state index contributed by atoms with van der Waals surface area (Å²) in [5.41, 5.74) is 5.87. The fourth-order valence-corrected chi connectivity index (χ4v) is 1.10. The van der Waals surface area contributed by atoms with Crippen molar-refractivity contribution in [3.05, 3.63) is 5.82 Å². The van der Waals surface area contributed by atoms with Gasteiger partial charge in [0.1, 0.15) is 5.82 Å². The summed E-state index contributed by atoms with van der Waals surface area (Å²) in [7, 11) is 0. The number of hydrogen-bond acceptors (Lipinski definition) is 6. The van der Waals surface area contributed by atoms with Gasteiger partial charge in [0.25, 0.3) is 0 Å². The molecule has 0 aliphatic carbocycles. The highest BCUT2D eigenvalue weighted by Gasteiger charge is 2.13. The molecule has 0 aromatic carbocycles. The Morgan fingerprint density at radius 2 is 2.29 bits per heavy atom. The van der Waals surface area contributed by atoms with Crippen LogP contribution in [0.3, 0.4) is 0 Å². The van der Waals surface area contributed by atoms with Crippen LogP contribution in [0.25, 0.3) is 11.5 Å². The van der Waals surface area contributed by atoms with Gasteiger partial charge in [0, 0.05) is 6.42 Å². The van der Waals surface area contributed by atoms with Gasteiger partial charge in [-0.25, -0.2) is 9.61 Å². The largest absolute Gasteiger partial charge is 0.379 e. The quantitative estimate of drug-likeness (QED) is 0.731. The van der Waals surface area contributed by atoms with Crippen molar-refractivity contribution in [2.75, 3.05) is 5.73 Å². The minimum absolute atomic E-state index is 0.201. The minimum atomic E-state index is 0.201. The van der Waals surface area contributed by atoms with Crippen molar-refractivity contribution in [2.24, 2.45) is 0 Å². The van der Waals surface area contributed by atoms with Crippen LogP contribution in [-0.2, 0) is 6.42 Å². The first-order valence-electron chi connectivity index (χ1n) is 4.31. The van der Waals surface area contributed by atoms with Crippen molar-refractivity contribution >= 4 is 5.82 Å². The van der Waals surface area contributed by atoms with Gasteiger partial charge in [0.15, 0.2) is 11.5 Å². The number of rotatable bonds is 3. The number of aryl methyl sites for hydroxylation is 1. The molecule has 0 unspecified atom stereocenters. The lowest BCUT2D eigenvalue weighted by molar-refractivity contribution is 0.310. The number of H-pyrrole nitrogens is 1. The molecule has 14 heavy (non-hydrogen) atoms. The van der Waals surface area contributed by atoms with Gasteiger partial charge in [-0.15, -0.1) is 0 Å². The molecule has 2 heterocycles. The molecule has 0 saturated carbocycles. The number of nitrogens with two attached hydrogens (primary N) is 1. The smallest absolute Gasteiger partial charge is 0.207 e. The Bertz CT molecular complexity index is 419. The number of hydrogen-bond donors (Lipinski definition) is 2. The van der Waals surface area contributed by atoms with Gasteiger partial charge in [-0.1, -0.05) is 6.92 Å². The van der Waals surface area contributed by atoms with Crippen molar-refractivity contribution in [3.63, 3.8) is 0 Å². The van der Waals surface area contributed by atoms with Crippen LogP contribution in [0.1, 0.15) is 19.2 Å². The topological polar surface area (TPSA) is 107 Å². The average molecular weight is 194 g/mol. The Morgan fingerprint density at radius 3 is 2.93 bits per heavy atom. The van der Waals surface area contributed by atoms with E-state index in [0.29, 0.717) is 11.5 Å². The predicted octanol–water partition coefficient (Wildman–Crippen LogP) is 0.389. The van der Waals surface area contributed by atoms with E-state index < -0.39 is 0 Å². The first-order chi connectivity index (χ1) is 6.81. The third kappa shape index (κ3) is 1.43. The van der Waals surface area contributed by atoms with Crippen molar-refractivity contribution in [1.82, 2.24) is 25.5 Å². The van der Waals surface area contributed by atoms with Crippen LogP contribution >= 0.6 is 0 Å². The molecule has 7 nitrogen and oxygen atoms in total. The summed E-state index contributed by atoms with van der Waals surface area (Å²) < 4.78 is 4.45. The van der Waals surface area contributed by atoms with Crippen LogP contribution in [-0.4, -0.2) is 25.5 Å². The van der Waals surface area contributed by atoms with Crippen LogP contribution in [0.2, 0.25) is 0 Å². The monoisotopic (exact) mass is 194 g/mol. The third-order valence-electron chi connectivity index (χ3n) is 1.74. The molecule has 0 radical (unpaired) electrons. The standard InChI is InChI=1S/C7H10N6O/c1-2-3-4-9-7(11-10-4)5-6(8)13-14-12-5/h2-3H2,1H3,(H2,8,13)(H,9,10,11). The SMILES string of the molecule is CCCc1nc(-c2nonc2N)n[nH]1. The van der Waals surface area contributed by atoms with Crippen LogP contribution in [0.15, 0.2) is 4.63 Å². The molecular formula is C7H10N6O. The van der Waals surface area contributed by atoms with Gasteiger partial charge in [0.2, 0.25) is 5.82 Å². The second-order valence-electron chi connectivity index (χ2n) is 2.85. The third-order valence-corrected chi connectivity index (χ3v) is 1.74. The predicted molar refractivity (Wildman–Crippen MR) is 48.1 cm³/mol. The molecule has 2 rings (SSSR count). The molecule has 0 fully saturated rings. The lowest BCUT2D eigenvalue weighted by Gasteiger charge is -1.86. The molecule has 2 aromatic heterocycles. The van der Waals surface area contributed by atoms with Gasteiger partial charge in [-0.05, 0) is 16.7 Å². The highest BCUT2D eigenvalue weighted by Crippen LogP contribution is 2.17. The zero-order valence-electron chi connectivity index (χ0n) is 7.69. The van der Waals surface area contributed by atoms with Crippen molar-refractivity contribution in [1.29, 1.82) is 0 Å². The van der Waals surface area contributed by atoms with E-state index in [0.717, 1.165) is 18.7 Å². The second-order valence-corrected chi connectivity index (χ2v) is 2.85. The Balaban J connectivity index is 2.29. The number of anilines is 1. The summed E-state index contributed by atoms with van der Waals surface area (Å²) in [6.45, 7) is 2.06. The molecule has 2 aromatic rings. The minimum Gasteiger partial charge on any atom is -0.379 e. The van der Waals surface area contributed by atoms with Gasteiger partial charge in [0.05, 0.1) is 0 Å². The Hall–Kier alpha value is -1.92. The molecule has 7 heteroatoms. The summed E-state index contributed by atoms with van der Waals surface area (Å²) in [5, 5.41) is 13.8. The molecule has 0 aliphatic rings. The summed E-state index contributed by atoms with van der Waals surface area (Å²) >= 11 is 0. The molecule has 0 spiro atoms. The summed E-state index contributed by atoms with van der Waals surface area (Å²) in [4.78, 5) is 4.19. The van der Waals surface area contributed by atoms with Gasteiger partial charge in [-0.3, -0.25) is 5.10 Å². The highest BCUT2D eigenvalue weighted by atomic mass is 16.6. The molecule has 0 atom stereocenters. The van der Waals surface area contributed by atoms with Crippen LogP contribution in [0, 0.1) is 0 Å². The van der Waals surface area contributed by atoms with E-state index in [1.165, 1.54) is 0 Å². The van der Waals surface area contributed by atoms with Crippen molar-refractivity contribution in [2.45, 2.75) is 19.8 Å². The highest BCUT2D eigenvalue weighted by molar-refractivity contribution is 5.61. The van der Waals surface area contributed by atoms with Crippen LogP contribution < -0.4 is 5.73 Å². The Morgan fingerprint density at radius 1 is 1.43 bits per heavy atom. The average Bonchev–Trinajstić information content (AvgIpc) is 2.74. The van der Waals surface area contributed by atoms with E-state index >= 15 is 0 Å². The first-order valence-corrected chi connectivity index (χ1v) is 4.31. The Kier molecular flexibility index (Phi) is 2.13. The molecule has 0 aliphatic heterocycles. The molecule has 0 saturated heterocycles. The number of nitrogens with one attached hydrogen (secondary N) is 1. The summed E-state index contributed by atoms with van der Waals surface area (Å²) in [6, 6.07) is 0. The van der Waals surface area contributed by atoms with E-state index in [1.807, 2.05) is 0 Å². The maximum Gasteiger partial charge on any atom is 0.207 e. The molecule has 0 amide bonds. The molecular weight excluding hydrogens is 184 g/mol. The number of nitrogens with zero attached hydrogens (tertiary/aromatic N) is 4. The summed E-state index contributed by atoms with van der Waals surface area (Å²) in [6.07, 6.45) is 1.85. The van der Waals surface area contributed by atoms with Crippen molar-refractivity contribution < 1.29 is 4.63 Å². The zero-order valence-corrected chi connectivity index (χ0v) is 7.69. The molecule has 74 valence electrons. The van der Waals surface area contributed by atoms with Gasteiger partial charge in [-0.2, -0.15) is 5.10 Å². The lowest BCUT2D eigenvalue weighted by Crippen LogP contribution is -1.90. The normalized spacial score (nSPS) is 10.6. The maximum atomic E-state index is 5.49. The number of aromatic nitrogens is 5. The van der Waals surface area contributed by atoms with Crippen LogP contribution in [0.4, 0.5) is 5.82 Å². The zero-order chi connectivity index (χ0) is 9.97. The number of nitrogen functional groups attached to an aromatic ring is 1. The lowest BCUT2D eigenvalue weighted by atomic mass is 10.3. The number of aromatic amines is 1. The second kappa shape index (κ2) is 3.44. The van der Waals surface area contributed by atoms with E-state index in [4.69, 9.17) is 5.73 Å². The van der Waals surface area contributed by atoms with Gasteiger partial charge < -0.3 is 5.73 Å². The fraction of sp³-hybridized carbons (Fsp3) is 0.429. The van der Waals surface area contributed by atoms with E-state index in [9.17, 15) is 0 Å². The molecule has 0 bridgehead atoms. The van der Waals surface area contributed by atoms with Crippen molar-refractivity contribution in [3.8, 4) is 11.5 Å². The summed E-state index contributed by atoms with van der Waals surface area (Å²) in [5.74, 6) is 1.43. The maximum absolute atomic E-state index is 5.49. The molecule has 3 N–H and O–H groups in total. The van der Waals surface area contributed by atoms with E-state index in [2.05, 4.69) is 37.0 Å². The first kappa shape index (κ1) is 8.67. The fourth-order valence-electron chi connectivity index (χ4n) is 1.10. The van der Waals surface area contributed by atoms with E-state index in [-0.39, 0.29) is 5.82 Å². The van der Waals surface area contributed by atoms with E-state index in [1.54, 1.807) is 0 Å².